The fraction of sp³-hybridized carbons (Fsp3) is 0.632. The second-order valence-corrected chi connectivity index (χ2v) is 6.67. The molecule has 0 aliphatic carbocycles. The van der Waals surface area contributed by atoms with Crippen molar-refractivity contribution < 1.29 is 4.79 Å². The molecule has 4 nitrogen and oxygen atoms in total. The van der Waals surface area contributed by atoms with E-state index in [-0.39, 0.29) is 23.4 Å². The van der Waals surface area contributed by atoms with Gasteiger partial charge in [-0.2, -0.15) is 0 Å². The zero-order valence-electron chi connectivity index (χ0n) is 14.7. The minimum atomic E-state index is -0.0586. The second kappa shape index (κ2) is 8.46. The van der Waals surface area contributed by atoms with Gasteiger partial charge in [-0.3, -0.25) is 4.79 Å². The molecule has 1 aromatic rings. The maximum atomic E-state index is 12.3. The molecular formula is C19H31N3O. The first-order chi connectivity index (χ1) is 11.1. The lowest BCUT2D eigenvalue weighted by atomic mass is 9.90. The van der Waals surface area contributed by atoms with Crippen LogP contribution < -0.4 is 16.0 Å². The molecule has 2 rings (SSSR count). The number of hydrogen-bond donors (Lipinski definition) is 3. The van der Waals surface area contributed by atoms with Gasteiger partial charge in [0, 0.05) is 24.7 Å². The van der Waals surface area contributed by atoms with Gasteiger partial charge in [0.25, 0.3) is 0 Å². The molecular weight excluding hydrogens is 286 g/mol. The highest BCUT2D eigenvalue weighted by Crippen LogP contribution is 2.22. The summed E-state index contributed by atoms with van der Waals surface area (Å²) < 4.78 is 0. The maximum Gasteiger partial charge on any atom is 0.224 e. The SMILES string of the molecule is CCC(CC)(CNC(=O)C1CCNC1)NC(C)c1ccccc1. The average Bonchev–Trinajstić information content (AvgIpc) is 3.14. The van der Waals surface area contributed by atoms with Gasteiger partial charge in [-0.25, -0.2) is 0 Å². The Morgan fingerprint density at radius 3 is 2.57 bits per heavy atom. The van der Waals surface area contributed by atoms with E-state index < -0.39 is 0 Å². The van der Waals surface area contributed by atoms with Crippen molar-refractivity contribution in [2.24, 2.45) is 5.92 Å². The molecule has 128 valence electrons. The first kappa shape index (κ1) is 18.0. The molecule has 1 heterocycles. The Bertz CT molecular complexity index is 479. The van der Waals surface area contributed by atoms with Crippen LogP contribution in [0.15, 0.2) is 30.3 Å². The highest BCUT2D eigenvalue weighted by Gasteiger charge is 2.30. The first-order valence-electron chi connectivity index (χ1n) is 8.91. The molecule has 0 spiro atoms. The number of carbonyl (C=O) groups excluding carboxylic acids is 1. The van der Waals surface area contributed by atoms with Gasteiger partial charge in [-0.15, -0.1) is 0 Å². The van der Waals surface area contributed by atoms with Gasteiger partial charge >= 0.3 is 0 Å². The average molecular weight is 317 g/mol. The minimum absolute atomic E-state index is 0.0586. The lowest BCUT2D eigenvalue weighted by Crippen LogP contribution is -2.54. The van der Waals surface area contributed by atoms with Gasteiger partial charge in [0.1, 0.15) is 0 Å². The molecule has 0 aromatic heterocycles. The van der Waals surface area contributed by atoms with Crippen LogP contribution in [0.5, 0.6) is 0 Å². The number of benzene rings is 1. The Balaban J connectivity index is 1.96. The summed E-state index contributed by atoms with van der Waals surface area (Å²) >= 11 is 0. The van der Waals surface area contributed by atoms with Crippen LogP contribution in [-0.2, 0) is 4.79 Å². The monoisotopic (exact) mass is 317 g/mol. The molecule has 0 bridgehead atoms. The van der Waals surface area contributed by atoms with Gasteiger partial charge in [-0.1, -0.05) is 44.2 Å². The molecule has 1 amide bonds. The van der Waals surface area contributed by atoms with Crippen LogP contribution in [0, 0.1) is 5.92 Å². The van der Waals surface area contributed by atoms with Crippen molar-refractivity contribution in [3.05, 3.63) is 35.9 Å². The Hall–Kier alpha value is -1.39. The van der Waals surface area contributed by atoms with Crippen LogP contribution in [0.1, 0.15) is 51.6 Å². The van der Waals surface area contributed by atoms with Crippen molar-refractivity contribution in [2.45, 2.75) is 51.6 Å². The van der Waals surface area contributed by atoms with E-state index in [4.69, 9.17) is 0 Å². The Morgan fingerprint density at radius 1 is 1.30 bits per heavy atom. The third-order valence-corrected chi connectivity index (χ3v) is 5.21. The van der Waals surface area contributed by atoms with Crippen LogP contribution >= 0.6 is 0 Å². The van der Waals surface area contributed by atoms with E-state index >= 15 is 0 Å². The Kier molecular flexibility index (Phi) is 6.60. The number of amides is 1. The summed E-state index contributed by atoms with van der Waals surface area (Å²) in [5.41, 5.74) is 1.22. The minimum Gasteiger partial charge on any atom is -0.354 e. The summed E-state index contributed by atoms with van der Waals surface area (Å²) in [7, 11) is 0. The number of rotatable bonds is 8. The summed E-state index contributed by atoms with van der Waals surface area (Å²) in [4.78, 5) is 12.3. The zero-order chi connectivity index (χ0) is 16.7. The number of carbonyl (C=O) groups is 1. The first-order valence-corrected chi connectivity index (χ1v) is 8.91. The molecule has 23 heavy (non-hydrogen) atoms. The lowest BCUT2D eigenvalue weighted by molar-refractivity contribution is -0.124. The second-order valence-electron chi connectivity index (χ2n) is 6.67. The van der Waals surface area contributed by atoms with E-state index in [0.717, 1.165) is 32.4 Å². The van der Waals surface area contributed by atoms with Crippen molar-refractivity contribution in [3.8, 4) is 0 Å². The van der Waals surface area contributed by atoms with E-state index in [2.05, 4.69) is 61.0 Å². The summed E-state index contributed by atoms with van der Waals surface area (Å²) in [5, 5.41) is 10.2. The largest absolute Gasteiger partial charge is 0.354 e. The molecule has 1 aliphatic rings. The van der Waals surface area contributed by atoms with Gasteiger partial charge in [0.2, 0.25) is 5.91 Å². The highest BCUT2D eigenvalue weighted by molar-refractivity contribution is 5.79. The fourth-order valence-electron chi connectivity index (χ4n) is 3.32. The van der Waals surface area contributed by atoms with E-state index in [1.165, 1.54) is 5.56 Å². The molecule has 3 N–H and O–H groups in total. The molecule has 2 atom stereocenters. The van der Waals surface area contributed by atoms with Gasteiger partial charge in [-0.05, 0) is 38.3 Å². The van der Waals surface area contributed by atoms with Crippen LogP contribution in [-0.4, -0.2) is 31.1 Å². The van der Waals surface area contributed by atoms with Crippen LogP contribution in [0.25, 0.3) is 0 Å². The smallest absolute Gasteiger partial charge is 0.224 e. The topological polar surface area (TPSA) is 53.2 Å². The third-order valence-electron chi connectivity index (χ3n) is 5.21. The van der Waals surface area contributed by atoms with E-state index in [1.54, 1.807) is 0 Å². The van der Waals surface area contributed by atoms with E-state index in [1.807, 2.05) is 6.07 Å². The van der Waals surface area contributed by atoms with E-state index in [9.17, 15) is 4.79 Å². The predicted molar refractivity (Wildman–Crippen MR) is 95.3 cm³/mol. The molecule has 1 aliphatic heterocycles. The van der Waals surface area contributed by atoms with Crippen LogP contribution in [0.4, 0.5) is 0 Å². The Morgan fingerprint density at radius 2 is 2.00 bits per heavy atom. The standard InChI is InChI=1S/C19H31N3O/c1-4-19(5-2,14-21-18(23)17-11-12-20-13-17)22-15(3)16-9-7-6-8-10-16/h6-10,15,17,20,22H,4-5,11-14H2,1-3H3,(H,21,23). The van der Waals surface area contributed by atoms with Crippen LogP contribution in [0.3, 0.4) is 0 Å². The molecule has 1 saturated heterocycles. The van der Waals surface area contributed by atoms with Crippen molar-refractivity contribution in [2.75, 3.05) is 19.6 Å². The number of hydrogen-bond acceptors (Lipinski definition) is 3. The lowest BCUT2D eigenvalue weighted by Gasteiger charge is -2.36. The summed E-state index contributed by atoms with van der Waals surface area (Å²) in [6, 6.07) is 10.7. The maximum absolute atomic E-state index is 12.3. The molecule has 1 aromatic carbocycles. The summed E-state index contributed by atoms with van der Waals surface area (Å²) in [6.45, 7) is 9.03. The highest BCUT2D eigenvalue weighted by atomic mass is 16.1. The van der Waals surface area contributed by atoms with Crippen molar-refractivity contribution in [1.82, 2.24) is 16.0 Å². The fourth-order valence-corrected chi connectivity index (χ4v) is 3.32. The molecule has 1 fully saturated rings. The zero-order valence-corrected chi connectivity index (χ0v) is 14.7. The molecule has 2 unspecified atom stereocenters. The summed E-state index contributed by atoms with van der Waals surface area (Å²) in [5.74, 6) is 0.323. The van der Waals surface area contributed by atoms with Crippen molar-refractivity contribution >= 4 is 5.91 Å². The van der Waals surface area contributed by atoms with Crippen molar-refractivity contribution in [3.63, 3.8) is 0 Å². The molecule has 0 radical (unpaired) electrons. The quantitative estimate of drug-likeness (QED) is 0.691. The summed E-state index contributed by atoms with van der Waals surface area (Å²) in [6.07, 6.45) is 2.93. The Labute approximate surface area is 140 Å². The van der Waals surface area contributed by atoms with Gasteiger partial charge < -0.3 is 16.0 Å². The third kappa shape index (κ3) is 4.79. The predicted octanol–water partition coefficient (Wildman–Crippen LogP) is 2.62. The molecule has 4 heteroatoms. The number of nitrogens with one attached hydrogen (secondary N) is 3. The van der Waals surface area contributed by atoms with E-state index in [0.29, 0.717) is 6.54 Å². The van der Waals surface area contributed by atoms with Crippen molar-refractivity contribution in [1.29, 1.82) is 0 Å². The molecule has 0 saturated carbocycles. The van der Waals surface area contributed by atoms with Gasteiger partial charge in [0.05, 0.1) is 5.92 Å². The van der Waals surface area contributed by atoms with Gasteiger partial charge in [0.15, 0.2) is 0 Å². The van der Waals surface area contributed by atoms with Crippen LogP contribution in [0.2, 0.25) is 0 Å². The normalized spacial score (nSPS) is 19.5.